The summed E-state index contributed by atoms with van der Waals surface area (Å²) in [6.07, 6.45) is 3.66. The van der Waals surface area contributed by atoms with Gasteiger partial charge in [0.25, 0.3) is 0 Å². The molecule has 1 heterocycles. The van der Waals surface area contributed by atoms with Crippen molar-refractivity contribution >= 4 is 5.82 Å². The summed E-state index contributed by atoms with van der Waals surface area (Å²) in [5.41, 5.74) is 0.583. The molecule has 0 fully saturated rings. The Morgan fingerprint density at radius 1 is 1.47 bits per heavy atom. The Bertz CT molecular complexity index is 316. The molecule has 4 nitrogen and oxygen atoms in total. The highest BCUT2D eigenvalue weighted by Crippen LogP contribution is 2.04. The van der Waals surface area contributed by atoms with E-state index in [0.29, 0.717) is 5.56 Å². The van der Waals surface area contributed by atoms with Crippen molar-refractivity contribution < 1.29 is 4.74 Å². The molecule has 15 heavy (non-hydrogen) atoms. The van der Waals surface area contributed by atoms with E-state index >= 15 is 0 Å². The molecule has 0 aliphatic rings. The maximum atomic E-state index is 8.58. The average Bonchev–Trinajstić information content (AvgIpc) is 2.30. The number of ether oxygens (including phenoxy) is 1. The molecule has 0 atom stereocenters. The van der Waals surface area contributed by atoms with Crippen LogP contribution >= 0.6 is 0 Å². The largest absolute Gasteiger partial charge is 0.385 e. The van der Waals surface area contributed by atoms with Gasteiger partial charge in [-0.25, -0.2) is 4.98 Å². The Balaban J connectivity index is 2.23. The van der Waals surface area contributed by atoms with Crippen molar-refractivity contribution in [3.63, 3.8) is 0 Å². The highest BCUT2D eigenvalue weighted by molar-refractivity contribution is 5.38. The second-order valence-electron chi connectivity index (χ2n) is 3.17. The molecule has 0 unspecified atom stereocenters. The number of aromatic nitrogens is 1. The Hall–Kier alpha value is -1.60. The molecule has 0 aliphatic carbocycles. The summed E-state index contributed by atoms with van der Waals surface area (Å²) < 4.78 is 4.94. The number of nitriles is 1. The number of unbranched alkanes of at least 4 members (excludes halogenated alkanes) is 1. The number of rotatable bonds is 6. The fourth-order valence-electron chi connectivity index (χ4n) is 1.15. The molecular weight excluding hydrogens is 190 g/mol. The minimum absolute atomic E-state index is 0.583. The average molecular weight is 205 g/mol. The third kappa shape index (κ3) is 4.43. The first kappa shape index (κ1) is 11.5. The van der Waals surface area contributed by atoms with Gasteiger partial charge in [-0.2, -0.15) is 5.26 Å². The molecule has 0 radical (unpaired) electrons. The van der Waals surface area contributed by atoms with Crippen molar-refractivity contribution in [2.24, 2.45) is 0 Å². The van der Waals surface area contributed by atoms with E-state index in [2.05, 4.69) is 10.3 Å². The highest BCUT2D eigenvalue weighted by Gasteiger charge is 1.94. The van der Waals surface area contributed by atoms with Crippen LogP contribution in [0, 0.1) is 11.3 Å². The van der Waals surface area contributed by atoms with Gasteiger partial charge in [0.1, 0.15) is 11.9 Å². The Kier molecular flexibility index (Phi) is 5.20. The SMILES string of the molecule is COCCCCNc1ccc(C#N)cn1. The van der Waals surface area contributed by atoms with E-state index in [1.807, 2.05) is 12.1 Å². The van der Waals surface area contributed by atoms with E-state index in [-0.39, 0.29) is 0 Å². The van der Waals surface area contributed by atoms with Gasteiger partial charge in [-0.1, -0.05) is 0 Å². The van der Waals surface area contributed by atoms with Gasteiger partial charge in [0.2, 0.25) is 0 Å². The molecular formula is C11H15N3O. The van der Waals surface area contributed by atoms with Gasteiger partial charge in [0.05, 0.1) is 5.56 Å². The third-order valence-corrected chi connectivity index (χ3v) is 1.97. The summed E-state index contributed by atoms with van der Waals surface area (Å²) in [7, 11) is 1.70. The molecule has 0 saturated carbocycles. The van der Waals surface area contributed by atoms with Crippen molar-refractivity contribution in [2.75, 3.05) is 25.6 Å². The third-order valence-electron chi connectivity index (χ3n) is 1.97. The maximum Gasteiger partial charge on any atom is 0.125 e. The zero-order chi connectivity index (χ0) is 10.9. The first-order valence-electron chi connectivity index (χ1n) is 4.96. The normalized spacial score (nSPS) is 9.60. The summed E-state index contributed by atoms with van der Waals surface area (Å²) in [6, 6.07) is 5.60. The van der Waals surface area contributed by atoms with Gasteiger partial charge in [-0.05, 0) is 25.0 Å². The van der Waals surface area contributed by atoms with E-state index in [1.165, 1.54) is 0 Å². The number of nitrogens with one attached hydrogen (secondary N) is 1. The van der Waals surface area contributed by atoms with E-state index in [0.717, 1.165) is 31.8 Å². The predicted octanol–water partition coefficient (Wildman–Crippen LogP) is 1.79. The number of methoxy groups -OCH3 is 1. The number of anilines is 1. The lowest BCUT2D eigenvalue weighted by Gasteiger charge is -2.04. The van der Waals surface area contributed by atoms with Gasteiger partial charge in [0, 0.05) is 26.5 Å². The van der Waals surface area contributed by atoms with Crippen LogP contribution in [0.1, 0.15) is 18.4 Å². The van der Waals surface area contributed by atoms with Crippen LogP contribution in [0.2, 0.25) is 0 Å². The minimum Gasteiger partial charge on any atom is -0.385 e. The van der Waals surface area contributed by atoms with E-state index in [1.54, 1.807) is 19.4 Å². The number of hydrogen-bond acceptors (Lipinski definition) is 4. The van der Waals surface area contributed by atoms with E-state index in [4.69, 9.17) is 10.00 Å². The van der Waals surface area contributed by atoms with Gasteiger partial charge in [0.15, 0.2) is 0 Å². The molecule has 0 saturated heterocycles. The van der Waals surface area contributed by atoms with E-state index in [9.17, 15) is 0 Å². The number of pyridine rings is 1. The lowest BCUT2D eigenvalue weighted by molar-refractivity contribution is 0.194. The molecule has 1 rings (SSSR count). The molecule has 0 bridgehead atoms. The molecule has 0 aromatic carbocycles. The van der Waals surface area contributed by atoms with Crippen molar-refractivity contribution in [3.05, 3.63) is 23.9 Å². The Labute approximate surface area is 89.9 Å². The van der Waals surface area contributed by atoms with E-state index < -0.39 is 0 Å². The van der Waals surface area contributed by atoms with Crippen molar-refractivity contribution in [3.8, 4) is 6.07 Å². The fourth-order valence-corrected chi connectivity index (χ4v) is 1.15. The van der Waals surface area contributed by atoms with Crippen LogP contribution in [0.4, 0.5) is 5.82 Å². The molecule has 0 amide bonds. The summed E-state index contributed by atoms with van der Waals surface area (Å²) >= 11 is 0. The molecule has 1 N–H and O–H groups in total. The minimum atomic E-state index is 0.583. The van der Waals surface area contributed by atoms with Crippen LogP contribution in [0.15, 0.2) is 18.3 Å². The highest BCUT2D eigenvalue weighted by atomic mass is 16.5. The molecule has 4 heteroatoms. The van der Waals surface area contributed by atoms with Crippen LogP contribution in [0.25, 0.3) is 0 Å². The van der Waals surface area contributed by atoms with Crippen LogP contribution in [-0.2, 0) is 4.74 Å². The molecule has 0 aliphatic heterocycles. The van der Waals surface area contributed by atoms with Crippen molar-refractivity contribution in [1.82, 2.24) is 4.98 Å². The van der Waals surface area contributed by atoms with Crippen LogP contribution in [-0.4, -0.2) is 25.2 Å². The van der Waals surface area contributed by atoms with Crippen molar-refractivity contribution in [2.45, 2.75) is 12.8 Å². The first-order chi connectivity index (χ1) is 7.36. The topological polar surface area (TPSA) is 57.9 Å². The second-order valence-corrected chi connectivity index (χ2v) is 3.17. The number of hydrogen-bond donors (Lipinski definition) is 1. The molecule has 80 valence electrons. The summed E-state index contributed by atoms with van der Waals surface area (Å²) in [6.45, 7) is 1.67. The molecule has 1 aromatic rings. The standard InChI is InChI=1S/C11H15N3O/c1-15-7-3-2-6-13-11-5-4-10(8-12)9-14-11/h4-5,9H,2-3,6-7H2,1H3,(H,13,14). The Morgan fingerprint density at radius 2 is 2.33 bits per heavy atom. The maximum absolute atomic E-state index is 8.58. The zero-order valence-electron chi connectivity index (χ0n) is 8.86. The van der Waals surface area contributed by atoms with Gasteiger partial charge in [-0.3, -0.25) is 0 Å². The quantitative estimate of drug-likeness (QED) is 0.719. The molecule has 1 aromatic heterocycles. The summed E-state index contributed by atoms with van der Waals surface area (Å²) in [4.78, 5) is 4.10. The van der Waals surface area contributed by atoms with Crippen LogP contribution < -0.4 is 5.32 Å². The van der Waals surface area contributed by atoms with Gasteiger partial charge >= 0.3 is 0 Å². The second kappa shape index (κ2) is 6.80. The predicted molar refractivity (Wildman–Crippen MR) is 58.6 cm³/mol. The monoisotopic (exact) mass is 205 g/mol. The summed E-state index contributed by atoms with van der Waals surface area (Å²) in [5.74, 6) is 0.811. The first-order valence-corrected chi connectivity index (χ1v) is 4.96. The Morgan fingerprint density at radius 3 is 2.93 bits per heavy atom. The van der Waals surface area contributed by atoms with Gasteiger partial charge in [-0.15, -0.1) is 0 Å². The lowest BCUT2D eigenvalue weighted by Crippen LogP contribution is -2.04. The fraction of sp³-hybridized carbons (Fsp3) is 0.455. The van der Waals surface area contributed by atoms with Crippen molar-refractivity contribution in [1.29, 1.82) is 5.26 Å². The zero-order valence-corrected chi connectivity index (χ0v) is 8.86. The van der Waals surface area contributed by atoms with Gasteiger partial charge < -0.3 is 10.1 Å². The lowest BCUT2D eigenvalue weighted by atomic mass is 10.3. The van der Waals surface area contributed by atoms with Crippen LogP contribution in [0.3, 0.4) is 0 Å². The smallest absolute Gasteiger partial charge is 0.125 e. The molecule has 0 spiro atoms. The van der Waals surface area contributed by atoms with Crippen LogP contribution in [0.5, 0.6) is 0 Å². The number of nitrogens with zero attached hydrogens (tertiary/aromatic N) is 2. The summed E-state index contributed by atoms with van der Waals surface area (Å²) in [5, 5.41) is 11.8.